The van der Waals surface area contributed by atoms with Crippen LogP contribution < -0.4 is 0 Å². The Kier molecular flexibility index (Phi) is 5.99. The van der Waals surface area contributed by atoms with Gasteiger partial charge in [0.15, 0.2) is 0 Å². The lowest BCUT2D eigenvalue weighted by Crippen LogP contribution is -2.00. The number of allylic oxidation sites excluding steroid dienone is 2. The Morgan fingerprint density at radius 1 is 1.54 bits per heavy atom. The van der Waals surface area contributed by atoms with Gasteiger partial charge in [0.1, 0.15) is 0 Å². The molecule has 0 fully saturated rings. The Morgan fingerprint density at radius 3 is 2.54 bits per heavy atom. The van der Waals surface area contributed by atoms with Gasteiger partial charge in [0.05, 0.1) is 19.6 Å². The monoisotopic (exact) mass is 201 g/mol. The summed E-state index contributed by atoms with van der Waals surface area (Å²) in [5.74, 6) is -0.326. The van der Waals surface area contributed by atoms with Crippen LogP contribution in [0.5, 0.6) is 0 Å². The lowest BCUT2D eigenvalue weighted by Gasteiger charge is -2.00. The number of nitrogens with zero attached hydrogens (tertiary/aromatic N) is 1. The normalized spacial score (nSPS) is 11.5. The molecule has 0 spiro atoms. The van der Waals surface area contributed by atoms with Crippen LogP contribution in [0.4, 0.5) is 0 Å². The van der Waals surface area contributed by atoms with E-state index in [1.807, 2.05) is 13.0 Å². The highest BCUT2D eigenvalue weighted by Gasteiger charge is 2.06. The van der Waals surface area contributed by atoms with Gasteiger partial charge in [0.2, 0.25) is 0 Å². The minimum atomic E-state index is -0.326. The molecule has 0 bridgehead atoms. The molecule has 13 heavy (non-hydrogen) atoms. The van der Waals surface area contributed by atoms with Gasteiger partial charge in [0.25, 0.3) is 0 Å². The number of ether oxygens (including phenoxy) is 1. The molecule has 0 radical (unpaired) electrons. The third-order valence-corrected chi connectivity index (χ3v) is 2.07. The summed E-state index contributed by atoms with van der Waals surface area (Å²) in [4.78, 5) is 10.7. The summed E-state index contributed by atoms with van der Waals surface area (Å²) in [6.07, 6.45) is 1.18. The Morgan fingerprint density at radius 2 is 2.15 bits per heavy atom. The van der Waals surface area contributed by atoms with E-state index in [0.29, 0.717) is 23.4 Å². The van der Waals surface area contributed by atoms with Gasteiger partial charge in [-0.25, -0.2) is 0 Å². The van der Waals surface area contributed by atoms with Gasteiger partial charge in [-0.2, -0.15) is 5.26 Å². The number of halogens is 1. The van der Waals surface area contributed by atoms with Crippen LogP contribution in [-0.2, 0) is 9.53 Å². The molecule has 0 N–H and O–H groups in total. The summed E-state index contributed by atoms with van der Waals surface area (Å²) in [6, 6.07) is 1.97. The van der Waals surface area contributed by atoms with Gasteiger partial charge in [-0.1, -0.05) is 18.5 Å². The topological polar surface area (TPSA) is 50.1 Å². The highest BCUT2D eigenvalue weighted by atomic mass is 35.5. The first-order chi connectivity index (χ1) is 6.15. The molecule has 0 aliphatic rings. The lowest BCUT2D eigenvalue weighted by molar-refractivity contribution is -0.140. The molecule has 72 valence electrons. The lowest BCUT2D eigenvalue weighted by atomic mass is 10.1. The van der Waals surface area contributed by atoms with Gasteiger partial charge in [-0.3, -0.25) is 4.79 Å². The number of methoxy groups -OCH3 is 1. The van der Waals surface area contributed by atoms with Gasteiger partial charge in [0, 0.05) is 10.6 Å². The number of carbonyl (C=O) groups is 1. The number of hydrogen-bond donors (Lipinski definition) is 0. The summed E-state index contributed by atoms with van der Waals surface area (Å²) < 4.78 is 4.44. The molecule has 0 aliphatic carbocycles. The Balaban J connectivity index is 4.18. The van der Waals surface area contributed by atoms with Crippen molar-refractivity contribution in [2.45, 2.75) is 26.2 Å². The molecule has 0 aromatic heterocycles. The zero-order valence-corrected chi connectivity index (χ0v) is 8.52. The van der Waals surface area contributed by atoms with Crippen LogP contribution in [0.1, 0.15) is 26.2 Å². The summed E-state index contributed by atoms with van der Waals surface area (Å²) in [7, 11) is 1.32. The number of rotatable bonds is 4. The molecular weight excluding hydrogens is 190 g/mol. The molecule has 0 rings (SSSR count). The molecule has 3 nitrogen and oxygen atoms in total. The quantitative estimate of drug-likeness (QED) is 0.518. The molecule has 0 saturated heterocycles. The van der Waals surface area contributed by atoms with Crippen molar-refractivity contribution >= 4 is 17.6 Å². The second kappa shape index (κ2) is 6.50. The first kappa shape index (κ1) is 12.0. The minimum absolute atomic E-state index is 0.204. The van der Waals surface area contributed by atoms with E-state index in [4.69, 9.17) is 16.9 Å². The van der Waals surface area contributed by atoms with Gasteiger partial charge in [-0.15, -0.1) is 0 Å². The van der Waals surface area contributed by atoms with Crippen LogP contribution >= 0.6 is 11.6 Å². The maximum atomic E-state index is 10.7. The predicted molar refractivity (Wildman–Crippen MR) is 50.0 cm³/mol. The van der Waals surface area contributed by atoms with Gasteiger partial charge in [-0.05, 0) is 12.8 Å². The largest absolute Gasteiger partial charge is 0.469 e. The van der Waals surface area contributed by atoms with Crippen LogP contribution in [0.2, 0.25) is 0 Å². The zero-order valence-electron chi connectivity index (χ0n) is 7.76. The van der Waals surface area contributed by atoms with Crippen LogP contribution in [0.15, 0.2) is 10.6 Å². The van der Waals surface area contributed by atoms with E-state index in [2.05, 4.69) is 4.74 Å². The van der Waals surface area contributed by atoms with E-state index < -0.39 is 0 Å². The van der Waals surface area contributed by atoms with Crippen molar-refractivity contribution in [1.82, 2.24) is 0 Å². The second-order valence-electron chi connectivity index (χ2n) is 2.42. The fraction of sp³-hybridized carbons (Fsp3) is 0.556. The summed E-state index contributed by atoms with van der Waals surface area (Å²) in [5, 5.41) is 9.19. The Bertz CT molecular complexity index is 253. The third-order valence-electron chi connectivity index (χ3n) is 1.58. The fourth-order valence-electron chi connectivity index (χ4n) is 0.795. The van der Waals surface area contributed by atoms with Crippen molar-refractivity contribution in [2.75, 3.05) is 7.11 Å². The van der Waals surface area contributed by atoms with Crippen molar-refractivity contribution in [3.05, 3.63) is 10.6 Å². The molecule has 0 aromatic carbocycles. The van der Waals surface area contributed by atoms with E-state index in [-0.39, 0.29) is 12.4 Å². The van der Waals surface area contributed by atoms with E-state index in [9.17, 15) is 4.79 Å². The zero-order chi connectivity index (χ0) is 10.3. The molecule has 0 amide bonds. The standard InChI is InChI=1S/C9H12ClNO2/c1-3-8(10)7(6-11)4-5-9(12)13-2/h3-5H2,1-2H3/b8-7-. The first-order valence-corrected chi connectivity index (χ1v) is 4.37. The smallest absolute Gasteiger partial charge is 0.305 e. The van der Waals surface area contributed by atoms with Crippen LogP contribution in [-0.4, -0.2) is 13.1 Å². The maximum Gasteiger partial charge on any atom is 0.305 e. The molecule has 0 saturated carbocycles. The number of esters is 1. The highest BCUT2D eigenvalue weighted by molar-refractivity contribution is 6.30. The molecule has 0 unspecified atom stereocenters. The number of carbonyl (C=O) groups excluding carboxylic acids is 1. The highest BCUT2D eigenvalue weighted by Crippen LogP contribution is 2.17. The van der Waals surface area contributed by atoms with Crippen molar-refractivity contribution in [3.8, 4) is 6.07 Å². The van der Waals surface area contributed by atoms with Crippen LogP contribution in [0.25, 0.3) is 0 Å². The Labute approximate surface area is 82.9 Å². The van der Waals surface area contributed by atoms with Crippen molar-refractivity contribution in [1.29, 1.82) is 5.26 Å². The van der Waals surface area contributed by atoms with Crippen LogP contribution in [0, 0.1) is 11.3 Å². The summed E-state index contributed by atoms with van der Waals surface area (Å²) in [5.41, 5.74) is 0.467. The second-order valence-corrected chi connectivity index (χ2v) is 2.88. The maximum absolute atomic E-state index is 10.7. The van der Waals surface area contributed by atoms with E-state index in [0.717, 1.165) is 0 Å². The van der Waals surface area contributed by atoms with Gasteiger partial charge < -0.3 is 4.74 Å². The molecule has 0 aliphatic heterocycles. The molecule has 4 heteroatoms. The average molecular weight is 202 g/mol. The first-order valence-electron chi connectivity index (χ1n) is 4.00. The Hall–Kier alpha value is -1.01. The summed E-state index contributed by atoms with van der Waals surface area (Å²) >= 11 is 5.76. The van der Waals surface area contributed by atoms with Crippen molar-refractivity contribution in [2.24, 2.45) is 0 Å². The minimum Gasteiger partial charge on any atom is -0.469 e. The van der Waals surface area contributed by atoms with Gasteiger partial charge >= 0.3 is 5.97 Å². The molecule has 0 aromatic rings. The van der Waals surface area contributed by atoms with E-state index >= 15 is 0 Å². The van der Waals surface area contributed by atoms with Crippen LogP contribution in [0.3, 0.4) is 0 Å². The molecular formula is C9H12ClNO2. The fourth-order valence-corrected chi connectivity index (χ4v) is 0.931. The predicted octanol–water partition coefficient (Wildman–Crippen LogP) is 2.37. The van der Waals surface area contributed by atoms with Crippen molar-refractivity contribution in [3.63, 3.8) is 0 Å². The number of nitriles is 1. The van der Waals surface area contributed by atoms with Crippen molar-refractivity contribution < 1.29 is 9.53 Å². The summed E-state index contributed by atoms with van der Waals surface area (Å²) in [6.45, 7) is 1.86. The van der Waals surface area contributed by atoms with E-state index in [1.54, 1.807) is 0 Å². The molecule has 0 heterocycles. The SMILES string of the molecule is CC/C(Cl)=C(/C#N)CCC(=O)OC. The van der Waals surface area contributed by atoms with E-state index in [1.165, 1.54) is 7.11 Å². The average Bonchev–Trinajstić information content (AvgIpc) is 2.17. The third kappa shape index (κ3) is 4.54. The number of hydrogen-bond acceptors (Lipinski definition) is 3. The molecule has 0 atom stereocenters.